The van der Waals surface area contributed by atoms with Gasteiger partial charge in [-0.05, 0) is 57.3 Å². The fourth-order valence-electron chi connectivity index (χ4n) is 2.41. The average Bonchev–Trinajstić information content (AvgIpc) is 3.06. The fourth-order valence-corrected chi connectivity index (χ4v) is 5.72. The molecule has 8 nitrogen and oxygen atoms in total. The van der Waals surface area contributed by atoms with Gasteiger partial charge in [0.15, 0.2) is 10.7 Å². The SMILES string of the molecule is O/N=C(/Nc1ccc(F)c(Br)c1)c1nonc1SC1CCS(O)(O)CC1. The zero-order valence-corrected chi connectivity index (χ0v) is 16.5. The van der Waals surface area contributed by atoms with Crippen LogP contribution in [0.4, 0.5) is 10.1 Å². The van der Waals surface area contributed by atoms with Gasteiger partial charge in [-0.15, -0.1) is 0 Å². The van der Waals surface area contributed by atoms with Gasteiger partial charge in [0.1, 0.15) is 5.82 Å². The first-order valence-electron chi connectivity index (χ1n) is 7.55. The fraction of sp³-hybridized carbons (Fsp3) is 0.357. The lowest BCUT2D eigenvalue weighted by molar-refractivity contribution is 0.297. The van der Waals surface area contributed by atoms with Crippen molar-refractivity contribution in [2.45, 2.75) is 23.1 Å². The molecule has 0 aliphatic carbocycles. The quantitative estimate of drug-likeness (QED) is 0.228. The highest BCUT2D eigenvalue weighted by Crippen LogP contribution is 2.47. The van der Waals surface area contributed by atoms with Gasteiger partial charge in [0, 0.05) is 22.4 Å². The zero-order valence-electron chi connectivity index (χ0n) is 13.3. The summed E-state index contributed by atoms with van der Waals surface area (Å²) in [6.07, 6.45) is 1.26. The summed E-state index contributed by atoms with van der Waals surface area (Å²) in [4.78, 5) is 0. The van der Waals surface area contributed by atoms with E-state index in [0.29, 0.717) is 35.1 Å². The molecular weight excluding hydrogens is 451 g/mol. The van der Waals surface area contributed by atoms with Crippen molar-refractivity contribution in [3.63, 3.8) is 0 Å². The van der Waals surface area contributed by atoms with Crippen molar-refractivity contribution < 1.29 is 23.3 Å². The molecule has 0 saturated carbocycles. The largest absolute Gasteiger partial charge is 0.409 e. The van der Waals surface area contributed by atoms with Crippen molar-refractivity contribution in [2.75, 3.05) is 16.8 Å². The van der Waals surface area contributed by atoms with Gasteiger partial charge >= 0.3 is 0 Å². The summed E-state index contributed by atoms with van der Waals surface area (Å²) in [6.45, 7) is 0. The molecule has 1 fully saturated rings. The van der Waals surface area contributed by atoms with Gasteiger partial charge in [-0.2, -0.15) is 10.6 Å². The number of rotatable bonds is 4. The number of thioether (sulfide) groups is 1. The van der Waals surface area contributed by atoms with Crippen LogP contribution in [-0.4, -0.2) is 47.2 Å². The summed E-state index contributed by atoms with van der Waals surface area (Å²) in [5.41, 5.74) is 0.701. The van der Waals surface area contributed by atoms with Crippen LogP contribution < -0.4 is 5.32 Å². The van der Waals surface area contributed by atoms with E-state index in [1.807, 2.05) is 0 Å². The van der Waals surface area contributed by atoms with E-state index in [1.165, 1.54) is 30.0 Å². The van der Waals surface area contributed by atoms with Gasteiger partial charge in [-0.25, -0.2) is 9.02 Å². The Bertz CT molecular complexity index is 810. The third kappa shape index (κ3) is 4.68. The minimum Gasteiger partial charge on any atom is -0.409 e. The van der Waals surface area contributed by atoms with Crippen LogP contribution in [0, 0.1) is 5.82 Å². The Hall–Kier alpha value is -1.34. The van der Waals surface area contributed by atoms with Gasteiger partial charge in [-0.1, -0.05) is 16.9 Å². The molecule has 26 heavy (non-hydrogen) atoms. The number of nitrogens with one attached hydrogen (secondary N) is 1. The molecule has 12 heteroatoms. The first kappa shape index (κ1) is 19.4. The second-order valence-corrected chi connectivity index (χ2v) is 10.2. The molecule has 1 aromatic heterocycles. The van der Waals surface area contributed by atoms with Gasteiger partial charge in [0.25, 0.3) is 0 Å². The molecule has 2 aromatic rings. The van der Waals surface area contributed by atoms with Crippen molar-refractivity contribution >= 4 is 49.8 Å². The van der Waals surface area contributed by atoms with Crippen LogP contribution >= 0.6 is 38.3 Å². The van der Waals surface area contributed by atoms with Gasteiger partial charge in [-0.3, -0.25) is 9.11 Å². The average molecular weight is 467 g/mol. The number of oxime groups is 1. The Morgan fingerprint density at radius 1 is 1.35 bits per heavy atom. The zero-order chi connectivity index (χ0) is 18.7. The van der Waals surface area contributed by atoms with Gasteiger partial charge < -0.3 is 10.5 Å². The molecule has 1 aromatic carbocycles. The molecule has 2 heterocycles. The second kappa shape index (κ2) is 8.13. The lowest BCUT2D eigenvalue weighted by Crippen LogP contribution is -2.22. The molecule has 0 atom stereocenters. The molecule has 0 unspecified atom stereocenters. The predicted molar refractivity (Wildman–Crippen MR) is 102 cm³/mol. The molecule has 3 rings (SSSR count). The Morgan fingerprint density at radius 2 is 2.08 bits per heavy atom. The van der Waals surface area contributed by atoms with Crippen molar-refractivity contribution in [1.29, 1.82) is 0 Å². The first-order chi connectivity index (χ1) is 12.4. The van der Waals surface area contributed by atoms with E-state index in [1.54, 1.807) is 0 Å². The third-order valence-electron chi connectivity index (χ3n) is 3.78. The van der Waals surface area contributed by atoms with E-state index < -0.39 is 16.4 Å². The van der Waals surface area contributed by atoms with Crippen molar-refractivity contribution in [1.82, 2.24) is 10.3 Å². The first-order valence-corrected chi connectivity index (χ1v) is 11.1. The summed E-state index contributed by atoms with van der Waals surface area (Å²) >= 11 is 4.47. The smallest absolute Gasteiger partial charge is 0.202 e. The summed E-state index contributed by atoms with van der Waals surface area (Å²) in [5, 5.41) is 23.6. The number of nitrogens with zero attached hydrogens (tertiary/aromatic N) is 3. The van der Waals surface area contributed by atoms with E-state index in [0.717, 1.165) is 0 Å². The number of hydrogen-bond acceptors (Lipinski definition) is 8. The lowest BCUT2D eigenvalue weighted by atomic mass is 10.2. The highest BCUT2D eigenvalue weighted by molar-refractivity contribution is 9.10. The van der Waals surface area contributed by atoms with Crippen LogP contribution in [0.15, 0.2) is 37.5 Å². The van der Waals surface area contributed by atoms with Crippen LogP contribution in [0.3, 0.4) is 0 Å². The minimum atomic E-state index is -2.46. The van der Waals surface area contributed by atoms with E-state index in [4.69, 9.17) is 4.63 Å². The summed E-state index contributed by atoms with van der Waals surface area (Å²) in [6, 6.07) is 4.24. The molecule has 1 aliphatic heterocycles. The Morgan fingerprint density at radius 3 is 2.73 bits per heavy atom. The number of benzene rings is 1. The minimum absolute atomic E-state index is 0.00681. The Kier molecular flexibility index (Phi) is 6.07. The number of hydrogen-bond donors (Lipinski definition) is 4. The molecule has 0 bridgehead atoms. The predicted octanol–water partition coefficient (Wildman–Crippen LogP) is 4.22. The lowest BCUT2D eigenvalue weighted by Gasteiger charge is -2.38. The van der Waals surface area contributed by atoms with Gasteiger partial charge in [0.2, 0.25) is 5.84 Å². The molecule has 1 aliphatic rings. The molecule has 1 saturated heterocycles. The number of anilines is 1. The monoisotopic (exact) mass is 466 g/mol. The van der Waals surface area contributed by atoms with Crippen LogP contribution in [0.5, 0.6) is 0 Å². The maximum Gasteiger partial charge on any atom is 0.202 e. The molecule has 142 valence electrons. The van der Waals surface area contributed by atoms with E-state index >= 15 is 0 Å². The summed E-state index contributed by atoms with van der Waals surface area (Å²) in [5.74, 6) is 0.301. The van der Waals surface area contributed by atoms with Crippen LogP contribution in [0.2, 0.25) is 0 Å². The normalized spacial score (nSPS) is 19.3. The Labute approximate surface area is 162 Å². The third-order valence-corrected chi connectivity index (χ3v) is 7.46. The van der Waals surface area contributed by atoms with Crippen LogP contribution in [-0.2, 0) is 0 Å². The number of aromatic nitrogens is 2. The van der Waals surface area contributed by atoms with Crippen LogP contribution in [0.25, 0.3) is 0 Å². The number of amidine groups is 1. The van der Waals surface area contributed by atoms with E-state index in [2.05, 4.69) is 36.7 Å². The Balaban J connectivity index is 1.72. The molecule has 0 amide bonds. The second-order valence-electron chi connectivity index (χ2n) is 5.65. The topological polar surface area (TPSA) is 124 Å². The van der Waals surface area contributed by atoms with Gasteiger partial charge in [0.05, 0.1) is 4.47 Å². The van der Waals surface area contributed by atoms with E-state index in [9.17, 15) is 18.7 Å². The standard InChI is InChI=1S/C14H16BrFN4O4S2/c15-10-7-8(1-2-11(10)16)17-13(18-21)12-14(20-24-19-12)25-9-3-5-26(22,23)6-4-9/h1-2,7,9,21-23H,3-6H2,(H,17,18). The summed E-state index contributed by atoms with van der Waals surface area (Å²) < 4.78 is 37.8. The van der Waals surface area contributed by atoms with Crippen molar-refractivity contribution in [3.8, 4) is 0 Å². The van der Waals surface area contributed by atoms with E-state index in [-0.39, 0.29) is 21.3 Å². The maximum atomic E-state index is 13.3. The molecule has 0 radical (unpaired) electrons. The molecular formula is C14H16BrFN4O4S2. The highest BCUT2D eigenvalue weighted by Gasteiger charge is 2.28. The van der Waals surface area contributed by atoms with Crippen molar-refractivity contribution in [3.05, 3.63) is 34.2 Å². The number of halogens is 2. The maximum absolute atomic E-state index is 13.3. The molecule has 0 spiro atoms. The molecule has 4 N–H and O–H groups in total. The van der Waals surface area contributed by atoms with Crippen molar-refractivity contribution in [2.24, 2.45) is 5.16 Å². The summed E-state index contributed by atoms with van der Waals surface area (Å²) in [7, 11) is -2.46. The van der Waals surface area contributed by atoms with Crippen LogP contribution in [0.1, 0.15) is 18.5 Å². The highest BCUT2D eigenvalue weighted by atomic mass is 79.9.